The van der Waals surface area contributed by atoms with Crippen molar-refractivity contribution < 1.29 is 46.2 Å². The van der Waals surface area contributed by atoms with Crippen molar-refractivity contribution in [1.29, 1.82) is 0 Å². The number of esters is 2. The van der Waals surface area contributed by atoms with Crippen LogP contribution in [0, 0.1) is 0 Å². The third kappa shape index (κ3) is 2.57. The lowest BCUT2D eigenvalue weighted by atomic mass is 9.84. The zero-order valence-corrected chi connectivity index (χ0v) is 14.4. The lowest BCUT2D eigenvalue weighted by Gasteiger charge is -2.26. The minimum Gasteiger partial charge on any atom is -0.468 e. The molecule has 0 aromatic carbocycles. The van der Waals surface area contributed by atoms with E-state index in [0.717, 1.165) is 7.11 Å². The Morgan fingerprint density at radius 2 is 2.12 bits per heavy atom. The molecule has 0 spiro atoms. The first kappa shape index (κ1) is 18.3. The second-order valence-electron chi connectivity index (χ2n) is 6.16. The van der Waals surface area contributed by atoms with Gasteiger partial charge in [-0.3, -0.25) is 8.98 Å². The van der Waals surface area contributed by atoms with Gasteiger partial charge in [-0.1, -0.05) is 6.58 Å². The second-order valence-corrected chi connectivity index (χ2v) is 7.99. The monoisotopic (exact) mass is 378 g/mol. The van der Waals surface area contributed by atoms with E-state index in [4.69, 9.17) is 18.4 Å². The molecule has 10 nitrogen and oxygen atoms in total. The molecule has 0 aromatic heterocycles. The molecule has 3 rings (SSSR count). The van der Waals surface area contributed by atoms with Crippen LogP contribution in [0.3, 0.4) is 0 Å². The van der Waals surface area contributed by atoms with Crippen molar-refractivity contribution >= 4 is 22.1 Å². The summed E-state index contributed by atoms with van der Waals surface area (Å²) in [5.41, 5.74) is 0.309. The second kappa shape index (κ2) is 6.02. The highest BCUT2D eigenvalue weighted by Crippen LogP contribution is 2.55. The molecule has 0 saturated carbocycles. The van der Waals surface area contributed by atoms with Gasteiger partial charge in [0, 0.05) is 6.42 Å². The molecule has 0 aliphatic carbocycles. The van der Waals surface area contributed by atoms with E-state index in [1.165, 1.54) is 6.92 Å². The maximum Gasteiger partial charge on any atom is 0.332 e. The van der Waals surface area contributed by atoms with Crippen LogP contribution in [0.15, 0.2) is 12.2 Å². The molecule has 6 unspecified atom stereocenters. The van der Waals surface area contributed by atoms with Gasteiger partial charge in [-0.15, -0.1) is 0 Å². The highest BCUT2D eigenvalue weighted by molar-refractivity contribution is 7.89. The van der Waals surface area contributed by atoms with E-state index in [-0.39, 0.29) is 6.42 Å². The van der Waals surface area contributed by atoms with Gasteiger partial charge in [-0.25, -0.2) is 4.79 Å². The highest BCUT2D eigenvalue weighted by atomic mass is 32.2. The predicted molar refractivity (Wildman–Crippen MR) is 78.5 cm³/mol. The van der Waals surface area contributed by atoms with E-state index in [0.29, 0.717) is 5.57 Å². The maximum atomic E-state index is 12.3. The zero-order valence-electron chi connectivity index (χ0n) is 13.5. The SMILES string of the molecule is C=C(C)C(O)OCC(=O)OC1C2CC3(C(=O)OC)C(O2)C1OS3(=O)=O. The largest absolute Gasteiger partial charge is 0.468 e. The van der Waals surface area contributed by atoms with Crippen LogP contribution in [-0.2, 0) is 42.8 Å². The van der Waals surface area contributed by atoms with Crippen LogP contribution in [0.25, 0.3) is 0 Å². The molecule has 25 heavy (non-hydrogen) atoms. The van der Waals surface area contributed by atoms with Gasteiger partial charge in [-0.2, -0.15) is 8.42 Å². The Labute approximate surface area is 143 Å². The molecule has 1 N–H and O–H groups in total. The van der Waals surface area contributed by atoms with E-state index >= 15 is 0 Å². The van der Waals surface area contributed by atoms with Crippen molar-refractivity contribution in [3.63, 3.8) is 0 Å². The molecule has 11 heteroatoms. The summed E-state index contributed by atoms with van der Waals surface area (Å²) >= 11 is 0. The Morgan fingerprint density at radius 3 is 2.72 bits per heavy atom. The number of rotatable bonds is 6. The van der Waals surface area contributed by atoms with Crippen molar-refractivity contribution in [3.05, 3.63) is 12.2 Å². The van der Waals surface area contributed by atoms with Gasteiger partial charge >= 0.3 is 11.9 Å². The van der Waals surface area contributed by atoms with Crippen LogP contribution in [-0.4, -0.2) is 74.6 Å². The van der Waals surface area contributed by atoms with Crippen molar-refractivity contribution in [1.82, 2.24) is 0 Å². The number of hydrogen-bond donors (Lipinski definition) is 1. The Hall–Kier alpha value is -1.53. The summed E-state index contributed by atoms with van der Waals surface area (Å²) in [6.45, 7) is 4.42. The first-order chi connectivity index (χ1) is 11.6. The average Bonchev–Trinajstić information content (AvgIpc) is 3.13. The van der Waals surface area contributed by atoms with Gasteiger partial charge in [0.05, 0.1) is 7.11 Å². The summed E-state index contributed by atoms with van der Waals surface area (Å²) in [7, 11) is -3.21. The summed E-state index contributed by atoms with van der Waals surface area (Å²) in [5, 5.41) is 9.43. The smallest absolute Gasteiger partial charge is 0.332 e. The summed E-state index contributed by atoms with van der Waals surface area (Å²) in [5.74, 6) is -1.79. The average molecular weight is 378 g/mol. The molecule has 0 aromatic rings. The molecule has 3 heterocycles. The molecule has 140 valence electrons. The van der Waals surface area contributed by atoms with Crippen LogP contribution in [0.5, 0.6) is 0 Å². The van der Waals surface area contributed by atoms with Crippen LogP contribution >= 0.6 is 0 Å². The first-order valence-corrected chi connectivity index (χ1v) is 8.86. The predicted octanol–water partition coefficient (Wildman–Crippen LogP) is -1.38. The standard InChI is InChI=1S/C14H18O10S/c1-6(2)12(16)21-5-8(15)23-9-7-4-14(13(17)20-3)11(22-7)10(9)24-25(14,18)19/h7,9-12,16H,1,4-5H2,2-3H3. The Bertz CT molecular complexity index is 715. The Morgan fingerprint density at radius 1 is 1.44 bits per heavy atom. The number of hydrogen-bond acceptors (Lipinski definition) is 10. The molecule has 3 saturated heterocycles. The molecular weight excluding hydrogens is 360 g/mol. The van der Waals surface area contributed by atoms with E-state index in [9.17, 15) is 23.1 Å². The van der Waals surface area contributed by atoms with Crippen molar-refractivity contribution in [2.24, 2.45) is 0 Å². The summed E-state index contributed by atoms with van der Waals surface area (Å²) in [6.07, 6.45) is -5.60. The molecule has 3 aliphatic heterocycles. The molecule has 3 aliphatic rings. The highest BCUT2D eigenvalue weighted by Gasteiger charge is 2.79. The lowest BCUT2D eigenvalue weighted by molar-refractivity contribution is -0.168. The molecule has 0 amide bonds. The van der Waals surface area contributed by atoms with Gasteiger partial charge in [-0.05, 0) is 12.5 Å². The summed E-state index contributed by atoms with van der Waals surface area (Å²) in [6, 6.07) is 0. The Kier molecular flexibility index (Phi) is 4.40. The molecule has 3 fully saturated rings. The first-order valence-electron chi connectivity index (χ1n) is 7.45. The van der Waals surface area contributed by atoms with Gasteiger partial charge in [0.25, 0.3) is 10.1 Å². The van der Waals surface area contributed by atoms with Crippen LogP contribution in [0.2, 0.25) is 0 Å². The van der Waals surface area contributed by atoms with Crippen LogP contribution in [0.4, 0.5) is 0 Å². The number of carbonyl (C=O) groups is 2. The number of methoxy groups -OCH3 is 1. The van der Waals surface area contributed by atoms with Crippen molar-refractivity contribution in [2.45, 2.75) is 48.8 Å². The topological polar surface area (TPSA) is 135 Å². The third-order valence-electron chi connectivity index (χ3n) is 4.54. The van der Waals surface area contributed by atoms with Crippen LogP contribution in [0.1, 0.15) is 13.3 Å². The molecular formula is C14H18O10S. The summed E-state index contributed by atoms with van der Waals surface area (Å²) in [4.78, 5) is 23.9. The fraction of sp³-hybridized carbons (Fsp3) is 0.714. The molecule has 0 radical (unpaired) electrons. The summed E-state index contributed by atoms with van der Waals surface area (Å²) < 4.78 is 47.9. The van der Waals surface area contributed by atoms with Crippen molar-refractivity contribution in [2.75, 3.05) is 13.7 Å². The Balaban J connectivity index is 1.70. The minimum atomic E-state index is -4.28. The van der Waals surface area contributed by atoms with Gasteiger partial charge < -0.3 is 24.1 Å². The van der Waals surface area contributed by atoms with Crippen LogP contribution < -0.4 is 0 Å². The fourth-order valence-corrected chi connectivity index (χ4v) is 5.16. The van der Waals surface area contributed by atoms with Gasteiger partial charge in [0.2, 0.25) is 4.75 Å². The van der Waals surface area contributed by atoms with Gasteiger partial charge in [0.1, 0.15) is 24.9 Å². The van der Waals surface area contributed by atoms with E-state index < -0.39 is 64.1 Å². The van der Waals surface area contributed by atoms with E-state index in [1.807, 2.05) is 0 Å². The number of aliphatic hydroxyl groups excluding tert-OH is 1. The van der Waals surface area contributed by atoms with Gasteiger partial charge in [0.15, 0.2) is 12.4 Å². The van der Waals surface area contributed by atoms with Crippen molar-refractivity contribution in [3.8, 4) is 0 Å². The molecule has 6 atom stereocenters. The number of fused-ring (bicyclic) bond motifs is 1. The normalized spacial score (nSPS) is 38.4. The van der Waals surface area contributed by atoms with E-state index in [1.54, 1.807) is 0 Å². The lowest BCUT2D eigenvalue weighted by Crippen LogP contribution is -2.54. The quantitative estimate of drug-likeness (QED) is 0.255. The fourth-order valence-electron chi connectivity index (χ4n) is 3.36. The number of ether oxygens (including phenoxy) is 4. The number of aliphatic hydroxyl groups is 1. The third-order valence-corrected chi connectivity index (χ3v) is 6.47. The zero-order chi connectivity index (χ0) is 18.6. The maximum absolute atomic E-state index is 12.3. The minimum absolute atomic E-state index is 0.226. The molecule has 2 bridgehead atoms. The number of carbonyl (C=O) groups excluding carboxylic acids is 2. The van der Waals surface area contributed by atoms with E-state index in [2.05, 4.69) is 11.3 Å².